The highest BCUT2D eigenvalue weighted by Gasteiger charge is 2.38. The smallest absolute Gasteiger partial charge is 0.328 e. The van der Waals surface area contributed by atoms with E-state index < -0.39 is 13.7 Å². The molecule has 2 atom stereocenters. The van der Waals surface area contributed by atoms with Gasteiger partial charge in [0.1, 0.15) is 29.2 Å². The molecule has 0 fully saturated rings. The number of fused-ring (bicyclic) bond motifs is 2. The van der Waals surface area contributed by atoms with Gasteiger partial charge in [-0.1, -0.05) is 208 Å². The number of aliphatic imine (C=N–C) groups is 1. The van der Waals surface area contributed by atoms with E-state index in [4.69, 9.17) is 19.5 Å². The predicted octanol–water partition coefficient (Wildman–Crippen LogP) is 11.1. The van der Waals surface area contributed by atoms with Crippen LogP contribution in [0.2, 0.25) is 0 Å². The molecule has 0 N–H and O–H groups in total. The van der Waals surface area contributed by atoms with E-state index in [1.807, 2.05) is 84.9 Å². The van der Waals surface area contributed by atoms with Crippen LogP contribution >= 0.6 is 0 Å². The number of pyridine rings is 1. The van der Waals surface area contributed by atoms with Gasteiger partial charge in [0, 0.05) is 34.8 Å². The molecular weight excluding hydrogens is 966 g/mol. The van der Waals surface area contributed by atoms with Gasteiger partial charge in [0.15, 0.2) is 0 Å². The number of nitriles is 2. The fourth-order valence-electron chi connectivity index (χ4n) is 10.9. The van der Waals surface area contributed by atoms with Gasteiger partial charge in [0.2, 0.25) is 0 Å². The zero-order valence-corrected chi connectivity index (χ0v) is 45.1. The second-order valence-corrected chi connectivity index (χ2v) is 20.6. The second kappa shape index (κ2) is 23.5. The number of hydrogen-bond acceptors (Lipinski definition) is 6. The van der Waals surface area contributed by atoms with E-state index in [9.17, 15) is 10.5 Å². The summed E-state index contributed by atoms with van der Waals surface area (Å²) in [6, 6.07) is 78.3. The fourth-order valence-corrected chi connectivity index (χ4v) is 10.9. The molecule has 0 spiro atoms. The summed E-state index contributed by atoms with van der Waals surface area (Å²) in [5, 5.41) is 27.3. The van der Waals surface area contributed by atoms with Crippen molar-refractivity contribution in [1.29, 1.82) is 10.5 Å². The van der Waals surface area contributed by atoms with Gasteiger partial charge in [-0.25, -0.2) is 0 Å². The van der Waals surface area contributed by atoms with E-state index in [0.29, 0.717) is 64.7 Å². The summed E-state index contributed by atoms with van der Waals surface area (Å²) in [5.74, 6) is 2.25. The minimum absolute atomic E-state index is 0.371. The van der Waals surface area contributed by atoms with Crippen molar-refractivity contribution >= 4 is 68.9 Å². The van der Waals surface area contributed by atoms with Crippen molar-refractivity contribution < 1.29 is 9.47 Å². The second-order valence-electron chi connectivity index (χ2n) is 20.6. The molecule has 7 aromatic carbocycles. The molecule has 10 heteroatoms. The summed E-state index contributed by atoms with van der Waals surface area (Å²) < 4.78 is 17.7. The largest absolute Gasteiger partial charge is 0.493 e. The van der Waals surface area contributed by atoms with Crippen LogP contribution in [0, 0.1) is 34.5 Å². The number of benzene rings is 7. The molecule has 0 saturated carbocycles. The molecule has 1 aliphatic heterocycles. The Bertz CT molecular complexity index is 3870. The van der Waals surface area contributed by atoms with E-state index in [-0.39, 0.29) is 0 Å². The lowest BCUT2D eigenvalue weighted by molar-refractivity contribution is 0.256. The van der Waals surface area contributed by atoms with Crippen LogP contribution < -0.4 is 42.0 Å². The van der Waals surface area contributed by atoms with E-state index in [2.05, 4.69) is 176 Å². The lowest BCUT2D eigenvalue weighted by atomic mass is 9.50. The lowest BCUT2D eigenvalue weighted by Crippen LogP contribution is -2.54. The normalized spacial score (nSPS) is 13.3. The Morgan fingerprint density at radius 2 is 0.911 bits per heavy atom. The van der Waals surface area contributed by atoms with Crippen molar-refractivity contribution in [2.75, 3.05) is 13.2 Å². The molecule has 0 saturated heterocycles. The highest BCUT2D eigenvalue weighted by molar-refractivity contribution is 6.85. The quantitative estimate of drug-likeness (QED) is 0.0797. The van der Waals surface area contributed by atoms with Crippen molar-refractivity contribution in [3.8, 4) is 46.2 Å². The first-order chi connectivity index (χ1) is 38.9. The van der Waals surface area contributed by atoms with Gasteiger partial charge in [0.05, 0.1) is 46.6 Å². The molecule has 8 nitrogen and oxygen atoms in total. The number of aromatic nitrogens is 3. The Balaban J connectivity index is 1.44. The van der Waals surface area contributed by atoms with Crippen molar-refractivity contribution in [1.82, 2.24) is 13.9 Å². The third-order valence-corrected chi connectivity index (χ3v) is 15.4. The standard InChI is InChI=1S/C69H60B2N6O2/c1-5-48(3)46-78-57-38-34-50(35-39-57)66-64-65(69(60(45-73)63-43-52-23-19-20-32-61(52)75-63)77(66)71(55-28-15-9-16-29-55)56-30-17-10-18-31-56)67(51-36-40-58(41-37-51)79-47-49(4)6-2)76(68(64)59(44-72)62-33-21-22-42-74-62)70(53-24-11-7-12-25-53)54-26-13-8-14-27-54/h7-42,48-49H,5-6,43,46-47H2,1-4H3/b68-59-,69-60-. The van der Waals surface area contributed by atoms with Gasteiger partial charge in [-0.2, -0.15) is 10.5 Å². The van der Waals surface area contributed by atoms with Gasteiger partial charge in [0.25, 0.3) is 0 Å². The minimum atomic E-state index is -0.503. The highest BCUT2D eigenvalue weighted by atomic mass is 16.5. The Morgan fingerprint density at radius 3 is 1.30 bits per heavy atom. The summed E-state index contributed by atoms with van der Waals surface area (Å²) >= 11 is 0. The van der Waals surface area contributed by atoms with Crippen LogP contribution in [0.1, 0.15) is 51.8 Å². The monoisotopic (exact) mass is 1030 g/mol. The Labute approximate surface area is 464 Å². The van der Waals surface area contributed by atoms with Crippen molar-refractivity contribution in [2.45, 2.75) is 47.0 Å². The highest BCUT2D eigenvalue weighted by Crippen LogP contribution is 2.38. The molecule has 79 heavy (non-hydrogen) atoms. The van der Waals surface area contributed by atoms with Gasteiger partial charge in [-0.15, -0.1) is 0 Å². The molecule has 0 radical (unpaired) electrons. The van der Waals surface area contributed by atoms with Crippen LogP contribution in [0.25, 0.3) is 44.4 Å². The fraction of sp³-hybridized carbons (Fsp3) is 0.159. The van der Waals surface area contributed by atoms with Crippen LogP contribution in [-0.2, 0) is 6.42 Å². The zero-order valence-electron chi connectivity index (χ0n) is 45.1. The third kappa shape index (κ3) is 10.3. The first-order valence-electron chi connectivity index (χ1n) is 27.5. The average Bonchev–Trinajstić information content (AvgIpc) is 4.39. The van der Waals surface area contributed by atoms with E-state index in [1.165, 1.54) is 0 Å². The van der Waals surface area contributed by atoms with Crippen molar-refractivity contribution in [2.24, 2.45) is 16.8 Å². The topological polar surface area (TPSA) is 101 Å². The first-order valence-corrected chi connectivity index (χ1v) is 27.5. The van der Waals surface area contributed by atoms with Gasteiger partial charge >= 0.3 is 13.7 Å². The number of nitrogens with zero attached hydrogens (tertiary/aromatic N) is 6. The molecule has 384 valence electrons. The number of ether oxygens (including phenoxy) is 2. The van der Waals surface area contributed by atoms with E-state index in [1.54, 1.807) is 6.20 Å². The van der Waals surface area contributed by atoms with E-state index in [0.717, 1.165) is 90.7 Å². The lowest BCUT2D eigenvalue weighted by Gasteiger charge is -2.24. The molecule has 3 aromatic heterocycles. The van der Waals surface area contributed by atoms with Gasteiger partial charge in [-0.3, -0.25) is 9.98 Å². The maximum absolute atomic E-state index is 12.3. The van der Waals surface area contributed by atoms with Crippen LogP contribution in [0.3, 0.4) is 0 Å². The van der Waals surface area contributed by atoms with E-state index >= 15 is 0 Å². The first kappa shape index (κ1) is 51.7. The molecule has 10 aromatic rings. The molecule has 2 unspecified atom stereocenters. The summed E-state index contributed by atoms with van der Waals surface area (Å²) in [6.45, 7) is 8.91. The van der Waals surface area contributed by atoms with Crippen molar-refractivity contribution in [3.05, 3.63) is 240 Å². The van der Waals surface area contributed by atoms with Gasteiger partial charge in [-0.05, 0) is 95.3 Å². The van der Waals surface area contributed by atoms with Crippen LogP contribution in [0.15, 0.2) is 224 Å². The summed E-state index contributed by atoms with van der Waals surface area (Å²) in [4.78, 5) is 10.3. The summed E-state index contributed by atoms with van der Waals surface area (Å²) in [5.41, 5.74) is 11.3. The maximum atomic E-state index is 12.3. The third-order valence-electron chi connectivity index (χ3n) is 15.4. The minimum Gasteiger partial charge on any atom is -0.493 e. The van der Waals surface area contributed by atoms with Crippen molar-refractivity contribution in [3.63, 3.8) is 0 Å². The summed E-state index contributed by atoms with van der Waals surface area (Å²) in [7, 11) is 0. The number of rotatable bonds is 18. The Hall–Kier alpha value is -9.37. The molecule has 1 aliphatic rings. The summed E-state index contributed by atoms with van der Waals surface area (Å²) in [6.07, 6.45) is 4.20. The Morgan fingerprint density at radius 1 is 0.506 bits per heavy atom. The molecular formula is C69H60B2N6O2. The molecule has 11 rings (SSSR count). The number of para-hydroxylation sites is 1. The molecule has 0 bridgehead atoms. The van der Waals surface area contributed by atoms with Crippen LogP contribution in [-0.4, -0.2) is 46.6 Å². The number of hydrogen-bond donors (Lipinski definition) is 0. The SMILES string of the molecule is CCC(C)COc1ccc(-c2c3/c(=C(\C#N)c4ccccn4)n(B(c4ccccc4)c4ccccc4)c(-c4ccc(OCC(C)CC)cc4)c3/c(=C(\C#N)C3=Nc4ccccc4C3)n2B(c2ccccc2)c2ccccc2)cc1. The van der Waals surface area contributed by atoms with Crippen LogP contribution in [0.5, 0.6) is 11.5 Å². The molecule has 0 amide bonds. The zero-order chi connectivity index (χ0) is 54.2. The van der Waals surface area contributed by atoms with Gasteiger partial charge < -0.3 is 18.4 Å². The Kier molecular flexibility index (Phi) is 15.4. The predicted molar refractivity (Wildman–Crippen MR) is 325 cm³/mol. The maximum Gasteiger partial charge on any atom is 0.328 e. The molecule has 0 aliphatic carbocycles. The van der Waals surface area contributed by atoms with Crippen LogP contribution in [0.4, 0.5) is 5.69 Å². The average molecular weight is 1030 g/mol. The molecule has 4 heterocycles.